The summed E-state index contributed by atoms with van der Waals surface area (Å²) in [7, 11) is 3.41. The van der Waals surface area contributed by atoms with Crippen LogP contribution in [0.3, 0.4) is 0 Å². The Balaban J connectivity index is 1.43. The zero-order valence-electron chi connectivity index (χ0n) is 20.8. The third-order valence-corrected chi connectivity index (χ3v) is 9.17. The summed E-state index contributed by atoms with van der Waals surface area (Å²) in [5, 5.41) is 1.14. The third-order valence-electron chi connectivity index (χ3n) is 6.36. The molecule has 2 saturated heterocycles. The van der Waals surface area contributed by atoms with Gasteiger partial charge in [-0.2, -0.15) is 4.79 Å². The van der Waals surface area contributed by atoms with E-state index in [1.807, 2.05) is 0 Å². The van der Waals surface area contributed by atoms with Gasteiger partial charge in [0.1, 0.15) is 11.6 Å². The molecule has 0 spiro atoms. The van der Waals surface area contributed by atoms with Crippen molar-refractivity contribution in [3.63, 3.8) is 0 Å². The summed E-state index contributed by atoms with van der Waals surface area (Å²) >= 11 is 12.3. The second-order valence-electron chi connectivity index (χ2n) is 8.88. The summed E-state index contributed by atoms with van der Waals surface area (Å²) in [5.41, 5.74) is 1.31. The molecule has 0 aliphatic carbocycles. The Labute approximate surface area is 242 Å². The summed E-state index contributed by atoms with van der Waals surface area (Å²) in [6, 6.07) is 9.58. The normalized spacial score (nSPS) is 17.2. The average Bonchev–Trinajstić information content (AvgIpc) is 2.95. The predicted molar refractivity (Wildman–Crippen MR) is 156 cm³/mol. The quantitative estimate of drug-likeness (QED) is 0.323. The van der Waals surface area contributed by atoms with Crippen LogP contribution in [0.5, 0.6) is 5.75 Å². The molecule has 2 fully saturated rings. The van der Waals surface area contributed by atoms with Crippen molar-refractivity contribution in [2.45, 2.75) is 12.8 Å². The van der Waals surface area contributed by atoms with E-state index in [4.69, 9.17) is 32.7 Å². The highest BCUT2D eigenvalue weighted by molar-refractivity contribution is 8.77. The highest BCUT2D eigenvalue weighted by Crippen LogP contribution is 2.32. The summed E-state index contributed by atoms with van der Waals surface area (Å²) in [5.74, 6) is 1.87. The summed E-state index contributed by atoms with van der Waals surface area (Å²) in [6.07, 6.45) is 0.283. The number of benzene rings is 2. The van der Waals surface area contributed by atoms with Crippen LogP contribution in [0.2, 0.25) is 10.0 Å². The number of aromatic nitrogens is 2. The molecule has 2 aromatic carbocycles. The van der Waals surface area contributed by atoms with Gasteiger partial charge in [-0.05, 0) is 36.4 Å². The molecule has 3 aromatic rings. The Kier molecular flexibility index (Phi) is 9.13. The molecule has 0 atom stereocenters. The Hall–Kier alpha value is -2.57. The smallest absolute Gasteiger partial charge is 0.378 e. The molecule has 3 heterocycles. The van der Waals surface area contributed by atoms with Crippen molar-refractivity contribution < 1.29 is 23.6 Å². The van der Waals surface area contributed by atoms with Gasteiger partial charge in [-0.15, -0.1) is 4.58 Å². The number of halogens is 2. The van der Waals surface area contributed by atoms with Crippen LogP contribution < -0.4 is 10.3 Å². The molecule has 9 nitrogen and oxygen atoms in total. The zero-order valence-corrected chi connectivity index (χ0v) is 23.9. The fourth-order valence-corrected chi connectivity index (χ4v) is 6.90. The van der Waals surface area contributed by atoms with E-state index in [2.05, 4.69) is 9.97 Å². The van der Waals surface area contributed by atoms with Crippen LogP contribution in [-0.2, 0) is 9.53 Å². The Morgan fingerprint density at radius 1 is 1.10 bits per heavy atom. The molecular weight excluding hydrogens is 583 g/mol. The van der Waals surface area contributed by atoms with Gasteiger partial charge in [-0.1, -0.05) is 44.8 Å². The van der Waals surface area contributed by atoms with Gasteiger partial charge in [0.2, 0.25) is 5.91 Å². The van der Waals surface area contributed by atoms with Gasteiger partial charge in [0.25, 0.3) is 5.56 Å². The fraction of sp³-hybridized carbons (Fsp3) is 0.346. The highest BCUT2D eigenvalue weighted by atomic mass is 35.5. The van der Waals surface area contributed by atoms with E-state index in [0.717, 1.165) is 11.5 Å². The van der Waals surface area contributed by atoms with Crippen molar-refractivity contribution in [1.82, 2.24) is 14.9 Å². The number of fused-ring (bicyclic) bond motifs is 1. The highest BCUT2D eigenvalue weighted by Gasteiger charge is 2.31. The minimum atomic E-state index is -0.606. The average molecular weight is 609 g/mol. The first-order chi connectivity index (χ1) is 18.9. The molecule has 2 aliphatic rings. The largest absolute Gasteiger partial charge is 0.601 e. The lowest BCUT2D eigenvalue weighted by molar-refractivity contribution is -0.441. The van der Waals surface area contributed by atoms with Crippen LogP contribution in [0.15, 0.2) is 41.2 Å². The number of hydrogen-bond acceptors (Lipinski definition) is 8. The second-order valence-corrected chi connectivity index (χ2v) is 12.3. The molecule has 204 valence electrons. The maximum absolute atomic E-state index is 13.6. The van der Waals surface area contributed by atoms with Crippen LogP contribution in [-0.4, -0.2) is 81.5 Å². The minimum Gasteiger partial charge on any atom is -0.378 e. The molecule has 2 amide bonds. The number of H-pyrrole nitrogens is 1. The molecule has 0 bridgehead atoms. The molecule has 39 heavy (non-hydrogen) atoms. The number of rotatable bonds is 5. The molecule has 13 heteroatoms. The number of carbonyl (C=O) groups is 2. The van der Waals surface area contributed by atoms with Crippen LogP contribution in [0, 0.1) is 0 Å². The first-order valence-corrected chi connectivity index (χ1v) is 15.6. The molecular formula is C26H25Cl2N4O5S2+. The lowest BCUT2D eigenvalue weighted by atomic mass is 10.1. The van der Waals surface area contributed by atoms with Crippen LogP contribution >= 0.6 is 44.8 Å². The van der Waals surface area contributed by atoms with Gasteiger partial charge in [-0.3, -0.25) is 9.59 Å². The standard InChI is InChI=1S/C26H24Cl2N4O5S2/c27-16-1-3-21-19(13-16)25(34)30-24(29-21)20-14-17(28)2-4-22(20)37-26(35)32(18-6-12-38-39-15-18)7-5-23(33)31-8-10-36-11-9-31/h1-4,13-14H,5-12,15H2/p+1/b32-18+. The van der Waals surface area contributed by atoms with Gasteiger partial charge >= 0.3 is 6.09 Å². The van der Waals surface area contributed by atoms with Crippen molar-refractivity contribution in [2.24, 2.45) is 0 Å². The number of nitrogens with zero attached hydrogens (tertiary/aromatic N) is 3. The molecule has 1 aromatic heterocycles. The lowest BCUT2D eigenvalue weighted by Gasteiger charge is -2.26. The Morgan fingerprint density at radius 3 is 2.64 bits per heavy atom. The fourth-order valence-electron chi connectivity index (χ4n) is 4.33. The zero-order chi connectivity index (χ0) is 27.4. The molecule has 0 unspecified atom stereocenters. The van der Waals surface area contributed by atoms with E-state index < -0.39 is 6.09 Å². The number of hydrogen-bond donors (Lipinski definition) is 1. The van der Waals surface area contributed by atoms with Gasteiger partial charge in [0.15, 0.2) is 12.3 Å². The van der Waals surface area contributed by atoms with Crippen molar-refractivity contribution in [2.75, 3.05) is 44.4 Å². The van der Waals surface area contributed by atoms with E-state index >= 15 is 0 Å². The number of amides is 2. The van der Waals surface area contributed by atoms with Crippen molar-refractivity contribution >= 4 is 73.4 Å². The topological polar surface area (TPSA) is 105 Å². The monoisotopic (exact) mass is 607 g/mol. The van der Waals surface area contributed by atoms with Gasteiger partial charge in [0.05, 0.1) is 41.9 Å². The van der Waals surface area contributed by atoms with E-state index in [0.29, 0.717) is 65.0 Å². The van der Waals surface area contributed by atoms with Crippen molar-refractivity contribution in [3.05, 3.63) is 56.8 Å². The van der Waals surface area contributed by atoms with Gasteiger partial charge in [-0.25, -0.2) is 4.98 Å². The minimum absolute atomic E-state index is 0.0280. The first-order valence-electron chi connectivity index (χ1n) is 12.3. The Morgan fingerprint density at radius 2 is 1.87 bits per heavy atom. The SMILES string of the molecule is O=C(CC/[N+](C(=O)Oc1ccc(Cl)cc1-c1nc2ccc(Cl)cc2c(=O)[nH]1)=C1/CCSSC1)N1CCOCC1. The van der Waals surface area contributed by atoms with E-state index in [-0.39, 0.29) is 36.0 Å². The Bertz CT molecular complexity index is 1500. The lowest BCUT2D eigenvalue weighted by Crippen LogP contribution is -2.42. The summed E-state index contributed by atoms with van der Waals surface area (Å²) in [6.45, 7) is 2.32. The van der Waals surface area contributed by atoms with Gasteiger partial charge < -0.3 is 19.4 Å². The molecule has 0 radical (unpaired) electrons. The third kappa shape index (κ3) is 6.78. The predicted octanol–water partition coefficient (Wildman–Crippen LogP) is 4.88. The molecule has 2 aliphatic heterocycles. The number of aromatic amines is 1. The molecule has 5 rings (SSSR count). The number of morpholine rings is 1. The molecule has 0 saturated carbocycles. The van der Waals surface area contributed by atoms with Gasteiger partial charge in [0, 0.05) is 35.3 Å². The number of nitrogens with one attached hydrogen (secondary N) is 1. The summed E-state index contributed by atoms with van der Waals surface area (Å²) in [4.78, 5) is 48.2. The number of carbonyl (C=O) groups excluding carboxylic acids is 2. The van der Waals surface area contributed by atoms with Crippen molar-refractivity contribution in [1.29, 1.82) is 0 Å². The van der Waals surface area contributed by atoms with Crippen LogP contribution in [0.25, 0.3) is 22.3 Å². The van der Waals surface area contributed by atoms with E-state index in [1.165, 1.54) is 0 Å². The van der Waals surface area contributed by atoms with E-state index in [9.17, 15) is 14.4 Å². The van der Waals surface area contributed by atoms with E-state index in [1.54, 1.807) is 67.5 Å². The van der Waals surface area contributed by atoms with Crippen molar-refractivity contribution in [3.8, 4) is 17.1 Å². The molecule has 1 N–H and O–H groups in total. The maximum atomic E-state index is 13.6. The first kappa shape index (κ1) is 28.0. The van der Waals surface area contributed by atoms with Crippen LogP contribution in [0.4, 0.5) is 4.79 Å². The second kappa shape index (κ2) is 12.7. The summed E-state index contributed by atoms with van der Waals surface area (Å²) < 4.78 is 12.8. The maximum Gasteiger partial charge on any atom is 0.601 e. The van der Waals surface area contributed by atoms with Crippen LogP contribution in [0.1, 0.15) is 12.8 Å². The number of ether oxygens (including phenoxy) is 2.